The van der Waals surface area contributed by atoms with Crippen molar-refractivity contribution in [3.8, 4) is 11.5 Å². The fourth-order valence-corrected chi connectivity index (χ4v) is 2.13. The predicted octanol–water partition coefficient (Wildman–Crippen LogP) is 1.17. The molecule has 1 aromatic carbocycles. The fraction of sp³-hybridized carbons (Fsp3) is 0.273. The molecule has 5 nitrogen and oxygen atoms in total. The number of ketones is 1. The van der Waals surface area contributed by atoms with Gasteiger partial charge in [-0.1, -0.05) is 0 Å². The Kier molecular flexibility index (Phi) is 3.44. The summed E-state index contributed by atoms with van der Waals surface area (Å²) in [5, 5.41) is 0. The topological polar surface area (TPSA) is 78.6 Å². The van der Waals surface area contributed by atoms with E-state index in [1.807, 2.05) is 0 Å². The van der Waals surface area contributed by atoms with E-state index in [4.69, 9.17) is 15.2 Å². The quantitative estimate of drug-likeness (QED) is 0.670. The number of carbonyl (C=O) groups is 2. The summed E-state index contributed by atoms with van der Waals surface area (Å²) in [5.41, 5.74) is 6.00. The van der Waals surface area contributed by atoms with Crippen LogP contribution in [0.4, 0.5) is 0 Å². The average molecular weight is 300 g/mol. The molecule has 0 bridgehead atoms. The standard InChI is InChI=1S/C11H10BrNO4/c12-8-3-6(9(15)4-13)10-11(7(8)5-14)17-2-1-16-10/h3,5H,1-2,4,13H2. The first kappa shape index (κ1) is 12.1. The number of halogens is 1. The van der Waals surface area contributed by atoms with Gasteiger partial charge in [0, 0.05) is 4.47 Å². The van der Waals surface area contributed by atoms with E-state index < -0.39 is 0 Å². The van der Waals surface area contributed by atoms with E-state index in [-0.39, 0.29) is 12.3 Å². The van der Waals surface area contributed by atoms with Crippen LogP contribution < -0.4 is 15.2 Å². The normalized spacial score (nSPS) is 13.3. The van der Waals surface area contributed by atoms with E-state index in [0.29, 0.717) is 46.6 Å². The minimum atomic E-state index is -0.259. The monoisotopic (exact) mass is 299 g/mol. The molecule has 2 rings (SSSR count). The van der Waals surface area contributed by atoms with Crippen molar-refractivity contribution in [3.05, 3.63) is 21.7 Å². The zero-order valence-corrected chi connectivity index (χ0v) is 10.5. The Morgan fingerprint density at radius 1 is 1.41 bits per heavy atom. The molecule has 0 fully saturated rings. The molecule has 0 spiro atoms. The van der Waals surface area contributed by atoms with Crippen molar-refractivity contribution in [2.24, 2.45) is 5.73 Å². The third kappa shape index (κ3) is 2.05. The number of aldehydes is 1. The van der Waals surface area contributed by atoms with Gasteiger partial charge < -0.3 is 15.2 Å². The van der Waals surface area contributed by atoms with Crippen molar-refractivity contribution in [1.29, 1.82) is 0 Å². The average Bonchev–Trinajstić information content (AvgIpc) is 2.37. The zero-order valence-electron chi connectivity index (χ0n) is 8.86. The molecule has 1 aliphatic rings. The Bertz CT molecular complexity index is 487. The summed E-state index contributed by atoms with van der Waals surface area (Å²) < 4.78 is 11.3. The van der Waals surface area contributed by atoms with E-state index in [2.05, 4.69) is 15.9 Å². The Labute approximate surface area is 106 Å². The van der Waals surface area contributed by atoms with E-state index in [1.54, 1.807) is 0 Å². The van der Waals surface area contributed by atoms with E-state index in [0.717, 1.165) is 0 Å². The highest BCUT2D eigenvalue weighted by Crippen LogP contribution is 2.40. The second-order valence-corrected chi connectivity index (χ2v) is 4.27. The summed E-state index contributed by atoms with van der Waals surface area (Å²) in [5.74, 6) is 0.347. The molecule has 0 atom stereocenters. The molecule has 1 heterocycles. The van der Waals surface area contributed by atoms with Crippen molar-refractivity contribution >= 4 is 28.0 Å². The van der Waals surface area contributed by atoms with Crippen molar-refractivity contribution in [2.45, 2.75) is 0 Å². The Morgan fingerprint density at radius 2 is 2.06 bits per heavy atom. The Balaban J connectivity index is 2.66. The van der Waals surface area contributed by atoms with Gasteiger partial charge in [0.25, 0.3) is 0 Å². The molecule has 0 radical (unpaired) electrons. The van der Waals surface area contributed by atoms with Crippen LogP contribution in [0.25, 0.3) is 0 Å². The van der Waals surface area contributed by atoms with Crippen LogP contribution in [0.15, 0.2) is 10.5 Å². The molecule has 1 aliphatic heterocycles. The fourth-order valence-electron chi connectivity index (χ4n) is 1.62. The van der Waals surface area contributed by atoms with Gasteiger partial charge >= 0.3 is 0 Å². The molecule has 6 heteroatoms. The number of carbonyl (C=O) groups excluding carboxylic acids is 2. The van der Waals surface area contributed by atoms with Crippen LogP contribution in [0.5, 0.6) is 11.5 Å². The first-order chi connectivity index (χ1) is 8.19. The van der Waals surface area contributed by atoms with Gasteiger partial charge in [-0.25, -0.2) is 0 Å². The molecule has 0 aliphatic carbocycles. The number of benzene rings is 1. The van der Waals surface area contributed by atoms with Crippen LogP contribution in [0.1, 0.15) is 20.7 Å². The van der Waals surface area contributed by atoms with Crippen LogP contribution in [0, 0.1) is 0 Å². The number of hydrogen-bond donors (Lipinski definition) is 1. The SMILES string of the molecule is NCC(=O)c1cc(Br)c(C=O)c2c1OCCO2. The molecule has 0 unspecified atom stereocenters. The molecule has 2 N–H and O–H groups in total. The van der Waals surface area contributed by atoms with Gasteiger partial charge in [0.15, 0.2) is 23.6 Å². The van der Waals surface area contributed by atoms with Crippen LogP contribution in [0.3, 0.4) is 0 Å². The number of ether oxygens (including phenoxy) is 2. The minimum Gasteiger partial charge on any atom is -0.485 e. The molecule has 0 amide bonds. The maximum Gasteiger partial charge on any atom is 0.180 e. The summed E-state index contributed by atoms with van der Waals surface area (Å²) in [7, 11) is 0. The van der Waals surface area contributed by atoms with E-state index >= 15 is 0 Å². The summed E-state index contributed by atoms with van der Waals surface area (Å²) >= 11 is 3.22. The lowest BCUT2D eigenvalue weighted by molar-refractivity contribution is 0.0986. The summed E-state index contributed by atoms with van der Waals surface area (Å²) in [6.07, 6.45) is 0.661. The molecule has 0 saturated heterocycles. The molecular formula is C11H10BrNO4. The van der Waals surface area contributed by atoms with Crippen LogP contribution >= 0.6 is 15.9 Å². The number of hydrogen-bond acceptors (Lipinski definition) is 5. The van der Waals surface area contributed by atoms with Crippen molar-refractivity contribution in [3.63, 3.8) is 0 Å². The lowest BCUT2D eigenvalue weighted by atomic mass is 10.0. The highest BCUT2D eigenvalue weighted by molar-refractivity contribution is 9.10. The zero-order chi connectivity index (χ0) is 12.4. The van der Waals surface area contributed by atoms with Gasteiger partial charge in [0.2, 0.25) is 0 Å². The third-order valence-corrected chi connectivity index (χ3v) is 3.06. The molecule has 17 heavy (non-hydrogen) atoms. The Morgan fingerprint density at radius 3 is 2.65 bits per heavy atom. The lowest BCUT2D eigenvalue weighted by Gasteiger charge is -2.22. The molecule has 0 aromatic heterocycles. The van der Waals surface area contributed by atoms with Gasteiger partial charge in [-0.05, 0) is 22.0 Å². The smallest absolute Gasteiger partial charge is 0.180 e. The minimum absolute atomic E-state index is 0.122. The second-order valence-electron chi connectivity index (χ2n) is 3.42. The number of Topliss-reactive ketones (excluding diaryl/α,β-unsaturated/α-hetero) is 1. The van der Waals surface area contributed by atoms with Crippen LogP contribution in [-0.4, -0.2) is 31.8 Å². The van der Waals surface area contributed by atoms with Crippen LogP contribution in [0.2, 0.25) is 0 Å². The van der Waals surface area contributed by atoms with Crippen LogP contribution in [-0.2, 0) is 0 Å². The summed E-state index contributed by atoms with van der Waals surface area (Å²) in [6, 6.07) is 1.53. The molecule has 90 valence electrons. The summed E-state index contributed by atoms with van der Waals surface area (Å²) in [6.45, 7) is 0.570. The van der Waals surface area contributed by atoms with E-state index in [9.17, 15) is 9.59 Å². The molecule has 0 saturated carbocycles. The first-order valence-electron chi connectivity index (χ1n) is 4.99. The van der Waals surface area contributed by atoms with Gasteiger partial charge in [0.1, 0.15) is 13.2 Å². The number of rotatable bonds is 3. The van der Waals surface area contributed by atoms with Gasteiger partial charge in [0.05, 0.1) is 17.7 Å². The second kappa shape index (κ2) is 4.85. The van der Waals surface area contributed by atoms with Crippen molar-refractivity contribution in [1.82, 2.24) is 0 Å². The summed E-state index contributed by atoms with van der Waals surface area (Å²) in [4.78, 5) is 22.6. The maximum atomic E-state index is 11.7. The predicted molar refractivity (Wildman–Crippen MR) is 63.9 cm³/mol. The van der Waals surface area contributed by atoms with Gasteiger partial charge in [-0.2, -0.15) is 0 Å². The van der Waals surface area contributed by atoms with Gasteiger partial charge in [-0.3, -0.25) is 9.59 Å². The lowest BCUT2D eigenvalue weighted by Crippen LogP contribution is -2.21. The molecule has 1 aromatic rings. The largest absolute Gasteiger partial charge is 0.485 e. The van der Waals surface area contributed by atoms with Crippen molar-refractivity contribution in [2.75, 3.05) is 19.8 Å². The Hall–Kier alpha value is -1.40. The first-order valence-corrected chi connectivity index (χ1v) is 5.79. The maximum absolute atomic E-state index is 11.7. The van der Waals surface area contributed by atoms with Gasteiger partial charge in [-0.15, -0.1) is 0 Å². The van der Waals surface area contributed by atoms with E-state index in [1.165, 1.54) is 6.07 Å². The van der Waals surface area contributed by atoms with Crippen molar-refractivity contribution < 1.29 is 19.1 Å². The highest BCUT2D eigenvalue weighted by atomic mass is 79.9. The highest BCUT2D eigenvalue weighted by Gasteiger charge is 2.25. The third-order valence-electron chi connectivity index (χ3n) is 2.40. The number of fused-ring (bicyclic) bond motifs is 1. The molecular weight excluding hydrogens is 290 g/mol. The number of nitrogens with two attached hydrogens (primary N) is 1.